The Morgan fingerprint density at radius 1 is 1.30 bits per heavy atom. The minimum Gasteiger partial charge on any atom is -0.497 e. The minimum absolute atomic E-state index is 0.0396. The van der Waals surface area contributed by atoms with Gasteiger partial charge in [0.25, 0.3) is 11.6 Å². The first-order valence-corrected chi connectivity index (χ1v) is 8.13. The molecule has 1 N–H and O–H groups in total. The molecule has 0 aliphatic rings. The van der Waals surface area contributed by atoms with Crippen LogP contribution in [0.1, 0.15) is 21.6 Å². The number of carbonyl (C=O) groups is 1. The number of aryl methyl sites for hydroxylation is 1. The van der Waals surface area contributed by atoms with E-state index in [1.807, 2.05) is 36.7 Å². The Bertz CT molecular complexity index is 1070. The Morgan fingerprint density at radius 2 is 2.07 bits per heavy atom. The topological polar surface area (TPSA) is 98.8 Å². The average Bonchev–Trinajstić information content (AvgIpc) is 2.92. The summed E-state index contributed by atoms with van der Waals surface area (Å²) >= 11 is 0. The molecular formula is C19H18N4O4. The molecule has 0 aliphatic heterocycles. The fraction of sp³-hybridized carbons (Fsp3) is 0.158. The zero-order chi connectivity index (χ0) is 19.6. The number of amides is 1. The molecule has 0 saturated heterocycles. The highest BCUT2D eigenvalue weighted by Gasteiger charge is 2.18. The number of fused-ring (bicyclic) bond motifs is 1. The molecule has 1 heterocycles. The van der Waals surface area contributed by atoms with E-state index in [2.05, 4.69) is 10.5 Å². The van der Waals surface area contributed by atoms with E-state index in [4.69, 9.17) is 4.74 Å². The van der Waals surface area contributed by atoms with Gasteiger partial charge in [-0.25, -0.2) is 5.43 Å². The molecule has 8 nitrogen and oxygen atoms in total. The van der Waals surface area contributed by atoms with E-state index in [1.165, 1.54) is 18.3 Å². The van der Waals surface area contributed by atoms with Crippen molar-refractivity contribution in [3.63, 3.8) is 0 Å². The number of nitro groups is 1. The predicted molar refractivity (Wildman–Crippen MR) is 102 cm³/mol. The molecule has 0 spiro atoms. The van der Waals surface area contributed by atoms with Crippen LogP contribution in [0.15, 0.2) is 47.6 Å². The van der Waals surface area contributed by atoms with E-state index >= 15 is 0 Å². The number of hydrogen-bond acceptors (Lipinski definition) is 5. The van der Waals surface area contributed by atoms with Crippen LogP contribution >= 0.6 is 0 Å². The molecule has 138 valence electrons. The Kier molecular flexibility index (Phi) is 4.89. The molecule has 2 aromatic carbocycles. The van der Waals surface area contributed by atoms with Crippen molar-refractivity contribution in [2.75, 3.05) is 7.11 Å². The maximum Gasteiger partial charge on any atom is 0.273 e. The summed E-state index contributed by atoms with van der Waals surface area (Å²) in [6.45, 7) is 1.85. The van der Waals surface area contributed by atoms with E-state index in [9.17, 15) is 14.9 Å². The molecule has 1 amide bonds. The number of hydrogen-bond donors (Lipinski definition) is 1. The normalized spacial score (nSPS) is 11.1. The van der Waals surface area contributed by atoms with Crippen molar-refractivity contribution in [1.29, 1.82) is 0 Å². The van der Waals surface area contributed by atoms with Crippen molar-refractivity contribution in [2.24, 2.45) is 12.1 Å². The number of nitrogens with one attached hydrogen (secondary N) is 1. The van der Waals surface area contributed by atoms with Gasteiger partial charge in [-0.1, -0.05) is 12.1 Å². The number of hydrazone groups is 1. The van der Waals surface area contributed by atoms with Gasteiger partial charge in [-0.05, 0) is 25.1 Å². The highest BCUT2D eigenvalue weighted by atomic mass is 16.6. The first-order chi connectivity index (χ1) is 12.9. The molecule has 0 fully saturated rings. The van der Waals surface area contributed by atoms with Gasteiger partial charge in [0, 0.05) is 41.3 Å². The van der Waals surface area contributed by atoms with Crippen molar-refractivity contribution in [3.8, 4) is 5.75 Å². The van der Waals surface area contributed by atoms with Crippen LogP contribution in [-0.4, -0.2) is 28.7 Å². The second-order valence-electron chi connectivity index (χ2n) is 5.95. The molecule has 0 saturated carbocycles. The molecule has 8 heteroatoms. The van der Waals surface area contributed by atoms with Crippen molar-refractivity contribution in [3.05, 3.63) is 69.4 Å². The molecular weight excluding hydrogens is 348 g/mol. The lowest BCUT2D eigenvalue weighted by Crippen LogP contribution is -2.18. The molecule has 3 aromatic rings. The van der Waals surface area contributed by atoms with E-state index in [0.29, 0.717) is 16.9 Å². The van der Waals surface area contributed by atoms with Crippen LogP contribution in [0, 0.1) is 17.0 Å². The number of aromatic nitrogens is 1. The molecule has 0 unspecified atom stereocenters. The van der Waals surface area contributed by atoms with E-state index in [-0.39, 0.29) is 11.6 Å². The van der Waals surface area contributed by atoms with Crippen molar-refractivity contribution < 1.29 is 14.5 Å². The number of ether oxygens (including phenoxy) is 1. The van der Waals surface area contributed by atoms with Gasteiger partial charge in [0.2, 0.25) is 0 Å². The van der Waals surface area contributed by atoms with Gasteiger partial charge >= 0.3 is 0 Å². The van der Waals surface area contributed by atoms with E-state index < -0.39 is 4.92 Å². The largest absolute Gasteiger partial charge is 0.497 e. The lowest BCUT2D eigenvalue weighted by Gasteiger charge is -2.02. The maximum atomic E-state index is 12.7. The molecule has 3 rings (SSSR count). The van der Waals surface area contributed by atoms with Crippen molar-refractivity contribution in [1.82, 2.24) is 9.99 Å². The minimum atomic E-state index is -0.483. The van der Waals surface area contributed by atoms with Gasteiger partial charge in [-0.3, -0.25) is 14.9 Å². The van der Waals surface area contributed by atoms with Gasteiger partial charge in [0.05, 0.1) is 23.8 Å². The number of rotatable bonds is 5. The van der Waals surface area contributed by atoms with Crippen LogP contribution in [0.25, 0.3) is 10.9 Å². The fourth-order valence-corrected chi connectivity index (χ4v) is 2.90. The first kappa shape index (κ1) is 18.1. The number of non-ortho nitro benzene ring substituents is 1. The summed E-state index contributed by atoms with van der Waals surface area (Å²) < 4.78 is 7.17. The number of nitro benzene ring substituents is 1. The lowest BCUT2D eigenvalue weighted by atomic mass is 10.1. The summed E-state index contributed by atoms with van der Waals surface area (Å²) in [6.07, 6.45) is 1.37. The Hall–Kier alpha value is -3.68. The van der Waals surface area contributed by atoms with Crippen molar-refractivity contribution in [2.45, 2.75) is 6.92 Å². The number of nitrogens with zero attached hydrogens (tertiary/aromatic N) is 3. The number of carbonyl (C=O) groups excluding carboxylic acids is 1. The number of methoxy groups -OCH3 is 1. The summed E-state index contributed by atoms with van der Waals surface area (Å²) in [5, 5.41) is 15.5. The summed E-state index contributed by atoms with van der Waals surface area (Å²) in [7, 11) is 3.45. The highest BCUT2D eigenvalue weighted by Crippen LogP contribution is 2.28. The quantitative estimate of drug-likeness (QED) is 0.426. The third kappa shape index (κ3) is 3.50. The lowest BCUT2D eigenvalue weighted by molar-refractivity contribution is -0.384. The summed E-state index contributed by atoms with van der Waals surface area (Å²) in [5.41, 5.74) is 5.16. The van der Waals surface area contributed by atoms with Gasteiger partial charge in [-0.15, -0.1) is 0 Å². The molecule has 0 aliphatic carbocycles. The smallest absolute Gasteiger partial charge is 0.273 e. The third-order valence-electron chi connectivity index (χ3n) is 4.39. The zero-order valence-corrected chi connectivity index (χ0v) is 15.1. The zero-order valence-electron chi connectivity index (χ0n) is 15.1. The fourth-order valence-electron chi connectivity index (χ4n) is 2.90. The Morgan fingerprint density at radius 3 is 2.78 bits per heavy atom. The second kappa shape index (κ2) is 7.28. The molecule has 0 atom stereocenters. The second-order valence-corrected chi connectivity index (χ2v) is 5.95. The van der Waals surface area contributed by atoms with E-state index in [0.717, 1.165) is 16.6 Å². The monoisotopic (exact) mass is 366 g/mol. The van der Waals surface area contributed by atoms with Crippen LogP contribution in [-0.2, 0) is 7.05 Å². The first-order valence-electron chi connectivity index (χ1n) is 8.13. The Balaban J connectivity index is 1.87. The molecule has 1 aromatic heterocycles. The SMILES string of the molecule is COc1ccc2c(c1)c(C(=O)N/N=C/c1cccc([N+](=O)[O-])c1)c(C)n2C. The van der Waals surface area contributed by atoms with Crippen LogP contribution < -0.4 is 10.2 Å². The van der Waals surface area contributed by atoms with Crippen LogP contribution in [0.5, 0.6) is 5.75 Å². The highest BCUT2D eigenvalue weighted by molar-refractivity contribution is 6.08. The van der Waals surface area contributed by atoms with Crippen LogP contribution in [0.3, 0.4) is 0 Å². The number of benzene rings is 2. The summed E-state index contributed by atoms with van der Waals surface area (Å²) in [4.78, 5) is 23.0. The summed E-state index contributed by atoms with van der Waals surface area (Å²) in [6, 6.07) is 11.5. The molecule has 0 radical (unpaired) electrons. The summed E-state index contributed by atoms with van der Waals surface area (Å²) in [5.74, 6) is 0.287. The van der Waals surface area contributed by atoms with Crippen LogP contribution in [0.4, 0.5) is 5.69 Å². The molecule has 27 heavy (non-hydrogen) atoms. The van der Waals surface area contributed by atoms with Crippen molar-refractivity contribution >= 4 is 28.7 Å². The molecule has 0 bridgehead atoms. The van der Waals surface area contributed by atoms with Gasteiger partial charge in [0.1, 0.15) is 5.75 Å². The third-order valence-corrected chi connectivity index (χ3v) is 4.39. The van der Waals surface area contributed by atoms with Gasteiger partial charge in [0.15, 0.2) is 0 Å². The average molecular weight is 366 g/mol. The van der Waals surface area contributed by atoms with Crippen LogP contribution in [0.2, 0.25) is 0 Å². The van der Waals surface area contributed by atoms with E-state index in [1.54, 1.807) is 19.2 Å². The Labute approximate surface area is 155 Å². The predicted octanol–water partition coefficient (Wildman–Crippen LogP) is 3.17. The van der Waals surface area contributed by atoms with Gasteiger partial charge in [-0.2, -0.15) is 5.10 Å². The standard InChI is InChI=1S/C19H18N4O4/c1-12-18(16-10-15(27-3)7-8-17(16)22(12)2)19(24)21-20-11-13-5-4-6-14(9-13)23(25)26/h4-11H,1-3H3,(H,21,24)/b20-11+. The maximum absolute atomic E-state index is 12.7. The van der Waals surface area contributed by atoms with Gasteiger partial charge < -0.3 is 9.30 Å².